The lowest BCUT2D eigenvalue weighted by molar-refractivity contribution is -0.119. The molecule has 29 heavy (non-hydrogen) atoms. The first-order chi connectivity index (χ1) is 13.6. The van der Waals surface area contributed by atoms with Gasteiger partial charge in [0.2, 0.25) is 21.7 Å². The molecule has 8 nitrogen and oxygen atoms in total. The second-order valence-corrected chi connectivity index (χ2v) is 8.18. The van der Waals surface area contributed by atoms with Crippen molar-refractivity contribution in [2.45, 2.75) is 17.6 Å². The van der Waals surface area contributed by atoms with E-state index in [2.05, 4.69) is 15.6 Å². The molecule has 0 spiro atoms. The maximum Gasteiger partial charge on any atom is 0.341 e. The molecule has 1 aromatic heterocycles. The van der Waals surface area contributed by atoms with E-state index >= 15 is 0 Å². The van der Waals surface area contributed by atoms with Crippen LogP contribution in [0.25, 0.3) is 0 Å². The molecular formula is C18H20F2N4O4S. The number of aromatic nitrogens is 1. The van der Waals surface area contributed by atoms with Gasteiger partial charge in [0.15, 0.2) is 0 Å². The van der Waals surface area contributed by atoms with Crippen LogP contribution in [0, 0.1) is 6.92 Å². The Bertz CT molecular complexity index is 982. The molecular weight excluding hydrogens is 406 g/mol. The summed E-state index contributed by atoms with van der Waals surface area (Å²) in [6.07, 6.45) is 0. The number of benzene rings is 1. The standard InChI is InChI=1S/C18H20F2N4O4S/c1-12-4-3-5-15(21-12)23-17(26)11-24(2)10-16(25)22-13-6-8-14(9-7-13)29(27,28)18(19)20/h3-9,18H,10-11H2,1-2H3,(H,22,25)(H,21,23,26). The summed E-state index contributed by atoms with van der Waals surface area (Å²) in [6, 6.07) is 9.60. The first kappa shape index (κ1) is 22.4. The van der Waals surface area contributed by atoms with E-state index in [0.717, 1.165) is 17.8 Å². The molecule has 2 aromatic rings. The van der Waals surface area contributed by atoms with Crippen molar-refractivity contribution in [2.75, 3.05) is 30.8 Å². The summed E-state index contributed by atoms with van der Waals surface area (Å²) < 4.78 is 47.8. The van der Waals surface area contributed by atoms with Gasteiger partial charge in [-0.25, -0.2) is 13.4 Å². The Hall–Kier alpha value is -2.92. The van der Waals surface area contributed by atoms with Crippen LogP contribution in [-0.2, 0) is 19.4 Å². The van der Waals surface area contributed by atoms with Crippen molar-refractivity contribution in [3.8, 4) is 0 Å². The Labute approximate surface area is 166 Å². The van der Waals surface area contributed by atoms with Gasteiger partial charge in [-0.3, -0.25) is 14.5 Å². The lowest BCUT2D eigenvalue weighted by Crippen LogP contribution is -2.36. The first-order valence-electron chi connectivity index (χ1n) is 8.42. The van der Waals surface area contributed by atoms with Crippen LogP contribution in [0.3, 0.4) is 0 Å². The van der Waals surface area contributed by atoms with E-state index < -0.39 is 26.4 Å². The van der Waals surface area contributed by atoms with Crippen molar-refractivity contribution in [1.82, 2.24) is 9.88 Å². The highest BCUT2D eigenvalue weighted by Gasteiger charge is 2.26. The van der Waals surface area contributed by atoms with Crippen LogP contribution in [0.5, 0.6) is 0 Å². The molecule has 0 atom stereocenters. The summed E-state index contributed by atoms with van der Waals surface area (Å²) in [7, 11) is -3.12. The molecule has 2 rings (SSSR count). The predicted octanol–water partition coefficient (Wildman–Crippen LogP) is 1.90. The smallest absolute Gasteiger partial charge is 0.325 e. The van der Waals surface area contributed by atoms with E-state index in [4.69, 9.17) is 0 Å². The number of aryl methyl sites for hydroxylation is 1. The minimum Gasteiger partial charge on any atom is -0.325 e. The van der Waals surface area contributed by atoms with Crippen LogP contribution < -0.4 is 10.6 Å². The largest absolute Gasteiger partial charge is 0.341 e. The molecule has 0 fully saturated rings. The average molecular weight is 426 g/mol. The van der Waals surface area contributed by atoms with Crippen LogP contribution in [-0.4, -0.2) is 56.0 Å². The van der Waals surface area contributed by atoms with Crippen molar-refractivity contribution in [3.05, 3.63) is 48.2 Å². The molecule has 0 aliphatic heterocycles. The molecule has 0 aliphatic rings. The lowest BCUT2D eigenvalue weighted by atomic mass is 10.3. The monoisotopic (exact) mass is 426 g/mol. The summed E-state index contributed by atoms with van der Waals surface area (Å²) in [6.45, 7) is 1.61. The number of nitrogens with one attached hydrogen (secondary N) is 2. The quantitative estimate of drug-likeness (QED) is 0.667. The Morgan fingerprint density at radius 2 is 1.62 bits per heavy atom. The lowest BCUT2D eigenvalue weighted by Gasteiger charge is -2.16. The number of pyridine rings is 1. The molecule has 1 aromatic carbocycles. The fraction of sp³-hybridized carbons (Fsp3) is 0.278. The number of anilines is 2. The van der Waals surface area contributed by atoms with Gasteiger partial charge in [0, 0.05) is 11.4 Å². The second-order valence-electron chi connectivity index (χ2n) is 6.26. The zero-order valence-corrected chi connectivity index (χ0v) is 16.5. The average Bonchev–Trinajstić information content (AvgIpc) is 2.61. The Morgan fingerprint density at radius 3 is 2.17 bits per heavy atom. The summed E-state index contributed by atoms with van der Waals surface area (Å²) >= 11 is 0. The number of alkyl halides is 2. The van der Waals surface area contributed by atoms with Crippen molar-refractivity contribution in [1.29, 1.82) is 0 Å². The maximum absolute atomic E-state index is 12.5. The van der Waals surface area contributed by atoms with E-state index in [9.17, 15) is 26.8 Å². The molecule has 2 amide bonds. The van der Waals surface area contributed by atoms with Gasteiger partial charge in [0.05, 0.1) is 18.0 Å². The Morgan fingerprint density at radius 1 is 1.03 bits per heavy atom. The van der Waals surface area contributed by atoms with Gasteiger partial charge < -0.3 is 10.6 Å². The van der Waals surface area contributed by atoms with Crippen LogP contribution >= 0.6 is 0 Å². The molecule has 0 unspecified atom stereocenters. The third kappa shape index (κ3) is 6.57. The molecule has 0 radical (unpaired) electrons. The minimum atomic E-state index is -4.69. The normalized spacial score (nSPS) is 11.5. The van der Waals surface area contributed by atoms with E-state index in [1.165, 1.54) is 17.0 Å². The first-order valence-corrected chi connectivity index (χ1v) is 9.96. The third-order valence-electron chi connectivity index (χ3n) is 3.68. The summed E-state index contributed by atoms with van der Waals surface area (Å²) in [5.74, 6) is -3.91. The summed E-state index contributed by atoms with van der Waals surface area (Å²) in [5.41, 5.74) is 0.993. The summed E-state index contributed by atoms with van der Waals surface area (Å²) in [5, 5.41) is 5.13. The van der Waals surface area contributed by atoms with E-state index in [1.807, 2.05) is 0 Å². The number of likely N-dealkylation sites (N-methyl/N-ethyl adjacent to an activating group) is 1. The fourth-order valence-corrected chi connectivity index (χ4v) is 3.09. The van der Waals surface area contributed by atoms with Gasteiger partial charge in [-0.1, -0.05) is 6.07 Å². The number of hydrogen-bond acceptors (Lipinski definition) is 6. The van der Waals surface area contributed by atoms with Crippen LogP contribution in [0.2, 0.25) is 0 Å². The third-order valence-corrected chi connectivity index (χ3v) is 5.08. The molecule has 11 heteroatoms. The maximum atomic E-state index is 12.5. The minimum absolute atomic E-state index is 0.0609. The van der Waals surface area contributed by atoms with Gasteiger partial charge in [-0.15, -0.1) is 0 Å². The van der Waals surface area contributed by atoms with Crippen LogP contribution in [0.1, 0.15) is 5.69 Å². The topological polar surface area (TPSA) is 108 Å². The molecule has 0 bridgehead atoms. The van der Waals surface area contributed by atoms with E-state index in [-0.39, 0.29) is 24.7 Å². The highest BCUT2D eigenvalue weighted by Crippen LogP contribution is 2.20. The molecule has 0 aliphatic carbocycles. The van der Waals surface area contributed by atoms with E-state index in [1.54, 1.807) is 32.2 Å². The number of hydrogen-bond donors (Lipinski definition) is 2. The zero-order valence-electron chi connectivity index (χ0n) is 15.7. The van der Waals surface area contributed by atoms with Crippen LogP contribution in [0.4, 0.5) is 20.3 Å². The fourth-order valence-electron chi connectivity index (χ4n) is 2.37. The number of rotatable bonds is 8. The highest BCUT2D eigenvalue weighted by molar-refractivity contribution is 7.91. The van der Waals surface area contributed by atoms with Crippen molar-refractivity contribution in [3.63, 3.8) is 0 Å². The predicted molar refractivity (Wildman–Crippen MR) is 103 cm³/mol. The number of carbonyl (C=O) groups excluding carboxylic acids is 2. The number of sulfone groups is 1. The second kappa shape index (κ2) is 9.52. The van der Waals surface area contributed by atoms with Crippen molar-refractivity contribution < 1.29 is 26.8 Å². The number of halogens is 2. The van der Waals surface area contributed by atoms with Crippen molar-refractivity contribution in [2.24, 2.45) is 0 Å². The van der Waals surface area contributed by atoms with Crippen molar-refractivity contribution >= 4 is 33.2 Å². The number of amides is 2. The molecule has 156 valence electrons. The molecule has 2 N–H and O–H groups in total. The molecule has 0 saturated heterocycles. The molecule has 0 saturated carbocycles. The number of nitrogens with zero attached hydrogens (tertiary/aromatic N) is 2. The molecule has 1 heterocycles. The van der Waals surface area contributed by atoms with Gasteiger partial charge in [0.1, 0.15) is 5.82 Å². The number of carbonyl (C=O) groups is 2. The SMILES string of the molecule is Cc1cccc(NC(=O)CN(C)CC(=O)Nc2ccc(S(=O)(=O)C(F)F)cc2)n1. The van der Waals surface area contributed by atoms with Gasteiger partial charge in [0.25, 0.3) is 0 Å². The Balaban J connectivity index is 1.86. The Kier molecular flexibility index (Phi) is 7.35. The van der Waals surface area contributed by atoms with Gasteiger partial charge in [-0.2, -0.15) is 8.78 Å². The van der Waals surface area contributed by atoms with Gasteiger partial charge in [-0.05, 0) is 50.4 Å². The van der Waals surface area contributed by atoms with Gasteiger partial charge >= 0.3 is 5.76 Å². The van der Waals surface area contributed by atoms with E-state index in [0.29, 0.717) is 5.82 Å². The zero-order chi connectivity index (χ0) is 21.6. The summed E-state index contributed by atoms with van der Waals surface area (Å²) in [4.78, 5) is 29.2. The van der Waals surface area contributed by atoms with Crippen LogP contribution in [0.15, 0.2) is 47.4 Å². The highest BCUT2D eigenvalue weighted by atomic mass is 32.2.